The molecule has 0 spiro atoms. The van der Waals surface area contributed by atoms with E-state index in [0.717, 1.165) is 75.5 Å². The normalized spacial score (nSPS) is 10.9. The van der Waals surface area contributed by atoms with Crippen molar-refractivity contribution in [2.45, 2.75) is 91.1 Å². The molecular weight excluding hydrogens is 925 g/mol. The number of esters is 5. The first-order valence-electron chi connectivity index (χ1n) is 24.0. The van der Waals surface area contributed by atoms with Gasteiger partial charge in [-0.1, -0.05) is 52.1 Å². The summed E-state index contributed by atoms with van der Waals surface area (Å²) in [4.78, 5) is 73.1. The van der Waals surface area contributed by atoms with Crippen LogP contribution in [0.4, 0.5) is 0 Å². The van der Waals surface area contributed by atoms with Crippen LogP contribution in [0.25, 0.3) is 0 Å². The lowest BCUT2D eigenvalue weighted by Gasteiger charge is -2.12. The summed E-state index contributed by atoms with van der Waals surface area (Å²) < 4.78 is 38.2. The fourth-order valence-electron chi connectivity index (χ4n) is 6.23. The Kier molecular flexibility index (Phi) is 25.9. The van der Waals surface area contributed by atoms with E-state index in [4.69, 9.17) is 42.9 Å². The van der Waals surface area contributed by atoms with Crippen molar-refractivity contribution < 1.29 is 68.3 Å². The van der Waals surface area contributed by atoms with E-state index in [-0.39, 0.29) is 48.6 Å². The Labute approximate surface area is 422 Å². The zero-order valence-corrected chi connectivity index (χ0v) is 41.1. The highest BCUT2D eigenvalue weighted by Gasteiger charge is 2.20. The molecule has 0 saturated carbocycles. The van der Waals surface area contributed by atoms with Gasteiger partial charge in [0.15, 0.2) is 5.75 Å². The van der Waals surface area contributed by atoms with Crippen molar-refractivity contribution in [3.63, 3.8) is 0 Å². The van der Waals surface area contributed by atoms with E-state index < -0.39 is 29.8 Å². The lowest BCUT2D eigenvalue weighted by molar-refractivity contribution is -0.217. The highest BCUT2D eigenvalue weighted by atomic mass is 17.2. The second-order valence-electron chi connectivity index (χ2n) is 15.9. The molecule has 16 heteroatoms. The van der Waals surface area contributed by atoms with Gasteiger partial charge in [0.05, 0.1) is 51.0 Å². The van der Waals surface area contributed by atoms with Crippen LogP contribution < -0.4 is 19.1 Å². The van der Waals surface area contributed by atoms with E-state index >= 15 is 0 Å². The molecule has 0 amide bonds. The Morgan fingerprint density at radius 2 is 1.06 bits per heavy atom. The number of nitrogens with zero attached hydrogens (tertiary/aromatic N) is 2. The molecule has 0 bridgehead atoms. The van der Waals surface area contributed by atoms with Gasteiger partial charge in [-0.2, -0.15) is 15.1 Å². The summed E-state index contributed by atoms with van der Waals surface area (Å²) in [7, 11) is 0. The van der Waals surface area contributed by atoms with Gasteiger partial charge in [0.25, 0.3) is 0 Å². The number of benzene rings is 4. The van der Waals surface area contributed by atoms with Gasteiger partial charge >= 0.3 is 29.8 Å². The third-order valence-electron chi connectivity index (χ3n) is 10.3. The van der Waals surface area contributed by atoms with Crippen LogP contribution in [-0.2, 0) is 40.0 Å². The summed E-state index contributed by atoms with van der Waals surface area (Å²) in [5.74, 6) is -1.30. The smallest absolute Gasteiger partial charge is 0.347 e. The van der Waals surface area contributed by atoms with Crippen molar-refractivity contribution in [3.8, 4) is 23.0 Å². The number of rotatable bonds is 34. The predicted octanol–water partition coefficient (Wildman–Crippen LogP) is 11.5. The maximum Gasteiger partial charge on any atom is 0.347 e. The van der Waals surface area contributed by atoms with Gasteiger partial charge in [0.1, 0.15) is 40.7 Å². The number of ether oxygens (including phenoxy) is 7. The molecule has 0 unspecified atom stereocenters. The highest BCUT2D eigenvalue weighted by molar-refractivity contribution is 5.98. The molecule has 0 radical (unpaired) electrons. The second-order valence-corrected chi connectivity index (χ2v) is 15.9. The molecular formula is C56H66N2O14. The second kappa shape index (κ2) is 32.9. The van der Waals surface area contributed by atoms with Crippen LogP contribution in [0.2, 0.25) is 0 Å². The standard InChI is InChI=1S/C56H64N2O14.H2/c1-6-10-31-68-55(62)49-37-44(22-30-51(49)72-69-40-42-19-25-46(26-20-42)64-32-15-11-13-17-34-66-52(59)8-3)39-58-57-38-43-21-29-50(48(36-43)56(63)70-41(5)7-2)71-54(61)45-23-27-47(28-24-45)65-33-16-12-14-18-35-67-53(60)9-4;/h8-9,19-30,36-39H,3-7,10-18,31-35,40H2,1-2H3;1H/b57-38+,58-39+;. The van der Waals surface area contributed by atoms with Crippen LogP contribution in [0, 0.1) is 0 Å². The molecule has 384 valence electrons. The number of unbranched alkanes of at least 4 members (excludes halogenated alkanes) is 7. The number of hydrogen-bond acceptors (Lipinski definition) is 16. The summed E-state index contributed by atoms with van der Waals surface area (Å²) in [5.41, 5.74) is 2.07. The van der Waals surface area contributed by atoms with Crippen LogP contribution in [-0.4, -0.2) is 75.3 Å². The molecule has 0 aliphatic carbocycles. The summed E-state index contributed by atoms with van der Waals surface area (Å²) >= 11 is 0. The molecule has 0 fully saturated rings. The van der Waals surface area contributed by atoms with Gasteiger partial charge in [-0.15, -0.1) is 0 Å². The molecule has 4 aromatic carbocycles. The maximum atomic E-state index is 13.3. The minimum absolute atomic E-state index is 0. The van der Waals surface area contributed by atoms with Gasteiger partial charge in [0.2, 0.25) is 0 Å². The van der Waals surface area contributed by atoms with Crippen LogP contribution >= 0.6 is 0 Å². The first kappa shape index (κ1) is 56.7. The number of carbonyl (C=O) groups is 5. The van der Waals surface area contributed by atoms with Gasteiger partial charge in [0, 0.05) is 20.0 Å². The van der Waals surface area contributed by atoms with Crippen molar-refractivity contribution in [1.29, 1.82) is 0 Å². The van der Waals surface area contributed by atoms with Gasteiger partial charge < -0.3 is 38.0 Å². The van der Waals surface area contributed by atoms with Crippen LogP contribution in [0.5, 0.6) is 23.0 Å². The van der Waals surface area contributed by atoms with Gasteiger partial charge in [-0.05, 0) is 147 Å². The van der Waals surface area contributed by atoms with E-state index in [9.17, 15) is 24.0 Å². The first-order chi connectivity index (χ1) is 35.0. The van der Waals surface area contributed by atoms with Gasteiger partial charge in [-0.25, -0.2) is 24.0 Å². The van der Waals surface area contributed by atoms with Gasteiger partial charge in [-0.3, -0.25) is 0 Å². The Bertz CT molecular complexity index is 2470. The van der Waals surface area contributed by atoms with E-state index in [1.807, 2.05) is 31.2 Å². The summed E-state index contributed by atoms with van der Waals surface area (Å²) in [5, 5.41) is 8.29. The van der Waals surface area contributed by atoms with Crippen molar-refractivity contribution in [2.24, 2.45) is 10.2 Å². The fraction of sp³-hybridized carbons (Fsp3) is 0.339. The zero-order valence-electron chi connectivity index (χ0n) is 41.1. The monoisotopic (exact) mass is 990 g/mol. The Hall–Kier alpha value is -7.85. The topological polar surface area (TPSA) is 193 Å². The largest absolute Gasteiger partial charge is 0.494 e. The number of allylic oxidation sites excluding steroid dienone is 1. The predicted molar refractivity (Wildman–Crippen MR) is 274 cm³/mol. The molecule has 4 aromatic rings. The SMILES string of the molecule is C=CC(=O)OCCCCCCOc1ccc(COOc2ccc(/C=N/N=C/c3ccc(OC(=O)c4ccc(OCCCCCCOC(=O)C=C)cc4)c(C(=O)OC(=C)CC)c3)cc2C(=O)OCCCC)cc1.[HH]. The maximum absolute atomic E-state index is 13.3. The fourth-order valence-corrected chi connectivity index (χ4v) is 6.23. The highest BCUT2D eigenvalue weighted by Crippen LogP contribution is 2.26. The van der Waals surface area contributed by atoms with Crippen molar-refractivity contribution in [3.05, 3.63) is 156 Å². The molecule has 72 heavy (non-hydrogen) atoms. The molecule has 0 aliphatic rings. The average molecular weight is 991 g/mol. The van der Waals surface area contributed by atoms with Crippen molar-refractivity contribution in [2.75, 3.05) is 33.0 Å². The molecule has 16 nitrogen and oxygen atoms in total. The molecule has 0 heterocycles. The van der Waals surface area contributed by atoms with Crippen LogP contribution in [0.1, 0.15) is 134 Å². The number of carbonyl (C=O) groups excluding carboxylic acids is 5. The first-order valence-corrected chi connectivity index (χ1v) is 24.0. The van der Waals surface area contributed by atoms with Crippen molar-refractivity contribution >= 4 is 42.3 Å². The minimum atomic E-state index is -0.778. The Balaban J connectivity index is 0.0000141. The Morgan fingerprint density at radius 3 is 1.58 bits per heavy atom. The molecule has 0 saturated heterocycles. The van der Waals surface area contributed by atoms with E-state index in [1.165, 1.54) is 24.6 Å². The molecule has 4 rings (SSSR count). The third-order valence-corrected chi connectivity index (χ3v) is 10.3. The molecule has 0 aromatic heterocycles. The van der Waals surface area contributed by atoms with E-state index in [0.29, 0.717) is 61.9 Å². The summed E-state index contributed by atoms with van der Waals surface area (Å²) in [6, 6.07) is 23.1. The third kappa shape index (κ3) is 21.4. The van der Waals surface area contributed by atoms with E-state index in [1.54, 1.807) is 55.5 Å². The summed E-state index contributed by atoms with van der Waals surface area (Å²) in [6.07, 6.45) is 13.9. The zero-order chi connectivity index (χ0) is 51.8. The van der Waals surface area contributed by atoms with E-state index in [2.05, 4.69) is 29.9 Å². The molecule has 0 atom stereocenters. The lowest BCUT2D eigenvalue weighted by Crippen LogP contribution is -2.13. The average Bonchev–Trinajstić information content (AvgIpc) is 3.39. The summed E-state index contributed by atoms with van der Waals surface area (Å²) in [6.45, 7) is 16.4. The van der Waals surface area contributed by atoms with Crippen LogP contribution in [0.15, 0.2) is 133 Å². The molecule has 0 N–H and O–H groups in total. The Morgan fingerprint density at radius 1 is 0.556 bits per heavy atom. The minimum Gasteiger partial charge on any atom is -0.494 e. The lowest BCUT2D eigenvalue weighted by atomic mass is 10.1. The van der Waals surface area contributed by atoms with Crippen molar-refractivity contribution in [1.82, 2.24) is 0 Å². The number of hydrogen-bond donors (Lipinski definition) is 0. The quantitative estimate of drug-likeness (QED) is 0.00494. The van der Waals surface area contributed by atoms with Crippen LogP contribution in [0.3, 0.4) is 0 Å². The molecule has 0 aliphatic heterocycles.